The summed E-state index contributed by atoms with van der Waals surface area (Å²) in [7, 11) is 1.60. The molecule has 2 rings (SSSR count). The number of carbonyl (C=O) groups excluding carboxylic acids is 1. The summed E-state index contributed by atoms with van der Waals surface area (Å²) in [6, 6.07) is 5.49. The van der Waals surface area contributed by atoms with Crippen molar-refractivity contribution in [2.75, 3.05) is 13.7 Å². The van der Waals surface area contributed by atoms with Crippen LogP contribution in [0.1, 0.15) is 12.5 Å². The molecule has 0 atom stereocenters. The molecule has 1 aliphatic heterocycles. The fraction of sp³-hybridized carbons (Fsp3) is 0.250. The first-order chi connectivity index (χ1) is 7.69. The van der Waals surface area contributed by atoms with E-state index < -0.39 is 0 Å². The third-order valence-corrected chi connectivity index (χ3v) is 2.18. The molecule has 0 bridgehead atoms. The average Bonchev–Trinajstić information content (AvgIpc) is 2.27. The van der Waals surface area contributed by atoms with Crippen LogP contribution >= 0.6 is 0 Å². The van der Waals surface area contributed by atoms with Gasteiger partial charge in [-0.25, -0.2) is 0 Å². The Morgan fingerprint density at radius 3 is 2.94 bits per heavy atom. The standard InChI is InChI=1S/C12H12O4/c1-8(13)16-11-5-9-3-4-10(14-2)6-12(9)15-7-11/h3-6H,7H2,1-2H3. The highest BCUT2D eigenvalue weighted by Crippen LogP contribution is 2.30. The zero-order valence-electron chi connectivity index (χ0n) is 9.15. The van der Waals surface area contributed by atoms with Crippen LogP contribution in [0, 0.1) is 0 Å². The Balaban J connectivity index is 2.27. The van der Waals surface area contributed by atoms with Gasteiger partial charge in [-0.2, -0.15) is 0 Å². The lowest BCUT2D eigenvalue weighted by atomic mass is 10.1. The van der Waals surface area contributed by atoms with Crippen LogP contribution in [-0.2, 0) is 9.53 Å². The maximum Gasteiger partial charge on any atom is 0.307 e. The first-order valence-electron chi connectivity index (χ1n) is 4.89. The highest BCUT2D eigenvalue weighted by atomic mass is 16.6. The molecule has 16 heavy (non-hydrogen) atoms. The zero-order valence-corrected chi connectivity index (χ0v) is 9.15. The van der Waals surface area contributed by atoms with Gasteiger partial charge < -0.3 is 14.2 Å². The first-order valence-corrected chi connectivity index (χ1v) is 4.89. The van der Waals surface area contributed by atoms with E-state index in [1.807, 2.05) is 12.1 Å². The van der Waals surface area contributed by atoms with Crippen molar-refractivity contribution >= 4 is 12.0 Å². The van der Waals surface area contributed by atoms with Crippen LogP contribution in [0.5, 0.6) is 11.5 Å². The molecule has 0 fully saturated rings. The van der Waals surface area contributed by atoms with Gasteiger partial charge in [0, 0.05) is 18.6 Å². The van der Waals surface area contributed by atoms with E-state index in [9.17, 15) is 4.79 Å². The van der Waals surface area contributed by atoms with E-state index in [1.54, 1.807) is 19.3 Å². The van der Waals surface area contributed by atoms with Crippen LogP contribution < -0.4 is 9.47 Å². The molecule has 0 saturated carbocycles. The molecule has 0 amide bonds. The number of ether oxygens (including phenoxy) is 3. The van der Waals surface area contributed by atoms with Crippen LogP contribution in [-0.4, -0.2) is 19.7 Å². The summed E-state index contributed by atoms with van der Waals surface area (Å²) in [6.45, 7) is 1.63. The molecule has 0 aliphatic carbocycles. The molecule has 0 saturated heterocycles. The lowest BCUT2D eigenvalue weighted by Gasteiger charge is -2.17. The fourth-order valence-corrected chi connectivity index (χ4v) is 1.49. The molecule has 1 aromatic carbocycles. The van der Waals surface area contributed by atoms with Gasteiger partial charge in [0.15, 0.2) is 0 Å². The van der Waals surface area contributed by atoms with Crippen LogP contribution in [0.15, 0.2) is 24.0 Å². The SMILES string of the molecule is COc1ccc2c(c1)OCC(OC(C)=O)=C2. The maximum absolute atomic E-state index is 10.8. The number of hydrogen-bond donors (Lipinski definition) is 0. The van der Waals surface area contributed by atoms with Crippen LogP contribution in [0.4, 0.5) is 0 Å². The minimum atomic E-state index is -0.341. The molecule has 1 aromatic rings. The molecule has 0 aromatic heterocycles. The normalized spacial score (nSPS) is 13.2. The number of hydrogen-bond acceptors (Lipinski definition) is 4. The minimum Gasteiger partial charge on any atom is -0.497 e. The van der Waals surface area contributed by atoms with Gasteiger partial charge in [0.05, 0.1) is 7.11 Å². The first kappa shape index (κ1) is 10.5. The number of methoxy groups -OCH3 is 1. The van der Waals surface area contributed by atoms with E-state index >= 15 is 0 Å². The minimum absolute atomic E-state index is 0.264. The number of fused-ring (bicyclic) bond motifs is 1. The number of benzene rings is 1. The van der Waals surface area contributed by atoms with Crippen LogP contribution in [0.3, 0.4) is 0 Å². The highest BCUT2D eigenvalue weighted by Gasteiger charge is 2.14. The summed E-state index contributed by atoms with van der Waals surface area (Å²) in [5.41, 5.74) is 0.878. The van der Waals surface area contributed by atoms with E-state index in [1.165, 1.54) is 6.92 Å². The van der Waals surface area contributed by atoms with Crippen molar-refractivity contribution in [1.29, 1.82) is 0 Å². The van der Waals surface area contributed by atoms with E-state index in [2.05, 4.69) is 0 Å². The number of esters is 1. The lowest BCUT2D eigenvalue weighted by molar-refractivity contribution is -0.137. The smallest absolute Gasteiger partial charge is 0.307 e. The second kappa shape index (κ2) is 4.26. The summed E-state index contributed by atoms with van der Waals surface area (Å²) < 4.78 is 15.5. The molecular formula is C12H12O4. The highest BCUT2D eigenvalue weighted by molar-refractivity contribution is 5.70. The van der Waals surface area contributed by atoms with Crippen LogP contribution in [0.2, 0.25) is 0 Å². The number of carbonyl (C=O) groups is 1. The van der Waals surface area contributed by atoms with Crippen molar-refractivity contribution in [1.82, 2.24) is 0 Å². The molecular weight excluding hydrogens is 208 g/mol. The van der Waals surface area contributed by atoms with Crippen molar-refractivity contribution in [3.63, 3.8) is 0 Å². The second-order valence-electron chi connectivity index (χ2n) is 3.40. The van der Waals surface area contributed by atoms with Gasteiger partial charge in [-0.15, -0.1) is 0 Å². The molecule has 0 unspecified atom stereocenters. The van der Waals surface area contributed by atoms with Crippen molar-refractivity contribution in [3.05, 3.63) is 29.5 Å². The summed E-state index contributed by atoms with van der Waals surface area (Å²) in [5, 5.41) is 0. The molecule has 1 heterocycles. The molecule has 0 spiro atoms. The van der Waals surface area contributed by atoms with Crippen molar-refractivity contribution < 1.29 is 19.0 Å². The fourth-order valence-electron chi connectivity index (χ4n) is 1.49. The predicted octanol–water partition coefficient (Wildman–Crippen LogP) is 1.99. The topological polar surface area (TPSA) is 44.8 Å². The van der Waals surface area contributed by atoms with Gasteiger partial charge in [0.1, 0.15) is 23.9 Å². The molecule has 84 valence electrons. The van der Waals surface area contributed by atoms with E-state index in [0.29, 0.717) is 5.76 Å². The number of rotatable bonds is 2. The van der Waals surface area contributed by atoms with Gasteiger partial charge in [-0.3, -0.25) is 4.79 Å². The van der Waals surface area contributed by atoms with Gasteiger partial charge in [0.25, 0.3) is 0 Å². The zero-order chi connectivity index (χ0) is 11.5. The second-order valence-corrected chi connectivity index (χ2v) is 3.40. The van der Waals surface area contributed by atoms with Crippen LogP contribution in [0.25, 0.3) is 6.08 Å². The van der Waals surface area contributed by atoms with E-state index in [-0.39, 0.29) is 12.6 Å². The Kier molecular flexibility index (Phi) is 2.81. The summed E-state index contributed by atoms with van der Waals surface area (Å²) in [4.78, 5) is 10.8. The lowest BCUT2D eigenvalue weighted by Crippen LogP contribution is -2.12. The van der Waals surface area contributed by atoms with Crippen molar-refractivity contribution in [3.8, 4) is 11.5 Å². The van der Waals surface area contributed by atoms with Gasteiger partial charge in [-0.1, -0.05) is 0 Å². The molecule has 1 aliphatic rings. The Morgan fingerprint density at radius 1 is 1.44 bits per heavy atom. The average molecular weight is 220 g/mol. The van der Waals surface area contributed by atoms with Gasteiger partial charge in [0.2, 0.25) is 0 Å². The quantitative estimate of drug-likeness (QED) is 0.715. The predicted molar refractivity (Wildman–Crippen MR) is 58.2 cm³/mol. The van der Waals surface area contributed by atoms with E-state index in [0.717, 1.165) is 17.1 Å². The Labute approximate surface area is 93.4 Å². The molecule has 4 heteroatoms. The van der Waals surface area contributed by atoms with Crippen molar-refractivity contribution in [2.45, 2.75) is 6.92 Å². The van der Waals surface area contributed by atoms with Crippen molar-refractivity contribution in [2.24, 2.45) is 0 Å². The van der Waals surface area contributed by atoms with Gasteiger partial charge >= 0.3 is 5.97 Å². The monoisotopic (exact) mass is 220 g/mol. The third kappa shape index (κ3) is 2.16. The van der Waals surface area contributed by atoms with E-state index in [4.69, 9.17) is 14.2 Å². The molecule has 0 radical (unpaired) electrons. The summed E-state index contributed by atoms with van der Waals surface area (Å²) in [6.07, 6.45) is 1.79. The molecule has 4 nitrogen and oxygen atoms in total. The Bertz CT molecular complexity index is 448. The maximum atomic E-state index is 10.8. The molecule has 0 N–H and O–H groups in total. The summed E-state index contributed by atoms with van der Waals surface area (Å²) in [5.74, 6) is 1.65. The Hall–Kier alpha value is -1.97. The van der Waals surface area contributed by atoms with Gasteiger partial charge in [-0.05, 0) is 18.2 Å². The Morgan fingerprint density at radius 2 is 2.25 bits per heavy atom. The summed E-state index contributed by atoms with van der Waals surface area (Å²) >= 11 is 0. The third-order valence-electron chi connectivity index (χ3n) is 2.18. The largest absolute Gasteiger partial charge is 0.497 e.